The molecule has 0 spiro atoms. The number of rotatable bonds is 4. The van der Waals surface area contributed by atoms with Crippen LogP contribution in [0.4, 0.5) is 0 Å². The van der Waals surface area contributed by atoms with Gasteiger partial charge in [-0.25, -0.2) is 0 Å². The average Bonchev–Trinajstić information content (AvgIpc) is 2.25. The van der Waals surface area contributed by atoms with E-state index < -0.39 is 0 Å². The molecule has 0 heterocycles. The van der Waals surface area contributed by atoms with E-state index in [2.05, 4.69) is 13.2 Å². The molecule has 0 aliphatic heterocycles. The van der Waals surface area contributed by atoms with Crippen molar-refractivity contribution in [2.75, 3.05) is 0 Å². The summed E-state index contributed by atoms with van der Waals surface area (Å²) in [6.45, 7) is 14.4. The molecule has 0 rings (SSSR count). The van der Waals surface area contributed by atoms with Crippen molar-refractivity contribution in [1.29, 1.82) is 0 Å². The first kappa shape index (κ1) is 15.9. The molecule has 0 aliphatic rings. The van der Waals surface area contributed by atoms with Gasteiger partial charge in [0.1, 0.15) is 5.76 Å². The van der Waals surface area contributed by atoms with Gasteiger partial charge in [0, 0.05) is 6.92 Å². The second-order valence-corrected chi connectivity index (χ2v) is 2.40. The highest BCUT2D eigenvalue weighted by molar-refractivity contribution is 5.67. The third kappa shape index (κ3) is 10.4. The second-order valence-electron chi connectivity index (χ2n) is 2.40. The van der Waals surface area contributed by atoms with E-state index in [0.29, 0.717) is 5.76 Å². The summed E-state index contributed by atoms with van der Waals surface area (Å²) in [5.74, 6) is 0.178. The van der Waals surface area contributed by atoms with Gasteiger partial charge in [-0.15, -0.1) is 0 Å². The Bertz CT molecular complexity index is 270. The zero-order valence-electron chi connectivity index (χ0n) is 10.0. The second kappa shape index (κ2) is 10.5. The van der Waals surface area contributed by atoms with E-state index in [1.807, 2.05) is 13.8 Å². The van der Waals surface area contributed by atoms with Crippen LogP contribution in [0.3, 0.4) is 0 Å². The lowest BCUT2D eigenvalue weighted by atomic mass is 10.2. The Morgan fingerprint density at radius 3 is 2.13 bits per heavy atom. The topological polar surface area (TPSA) is 26.3 Å². The summed E-state index contributed by atoms with van der Waals surface area (Å²) in [6, 6.07) is 0. The first-order chi connectivity index (χ1) is 7.10. The molecule has 0 aromatic heterocycles. The van der Waals surface area contributed by atoms with E-state index in [4.69, 9.17) is 4.74 Å². The largest absolute Gasteiger partial charge is 0.427 e. The SMILES string of the molecule is C=CC(=C)/C=C\C(=C/C)OC(C)=O.CC. The maximum absolute atomic E-state index is 10.6. The van der Waals surface area contributed by atoms with E-state index >= 15 is 0 Å². The zero-order valence-corrected chi connectivity index (χ0v) is 10.0. The molecule has 2 heteroatoms. The Balaban J connectivity index is 0. The molecule has 0 bridgehead atoms. The molecule has 2 nitrogen and oxygen atoms in total. The highest BCUT2D eigenvalue weighted by Crippen LogP contribution is 2.03. The number of carbonyl (C=O) groups excluding carboxylic acids is 1. The number of hydrogen-bond acceptors (Lipinski definition) is 2. The Morgan fingerprint density at radius 2 is 1.80 bits per heavy atom. The fourth-order valence-electron chi connectivity index (χ4n) is 0.612. The van der Waals surface area contributed by atoms with Crippen molar-refractivity contribution in [2.24, 2.45) is 0 Å². The van der Waals surface area contributed by atoms with E-state index in [-0.39, 0.29) is 5.97 Å². The summed E-state index contributed by atoms with van der Waals surface area (Å²) in [5, 5.41) is 0. The minimum Gasteiger partial charge on any atom is -0.427 e. The number of esters is 1. The molecule has 0 aliphatic carbocycles. The maximum atomic E-state index is 10.6. The molecule has 0 atom stereocenters. The highest BCUT2D eigenvalue weighted by atomic mass is 16.5. The van der Waals surface area contributed by atoms with Gasteiger partial charge in [0.05, 0.1) is 0 Å². The fourth-order valence-corrected chi connectivity index (χ4v) is 0.612. The van der Waals surface area contributed by atoms with Crippen LogP contribution in [0.25, 0.3) is 0 Å². The van der Waals surface area contributed by atoms with Crippen molar-refractivity contribution in [3.05, 3.63) is 48.8 Å². The molecule has 0 fully saturated rings. The Morgan fingerprint density at radius 1 is 1.27 bits per heavy atom. The van der Waals surface area contributed by atoms with E-state index in [1.54, 1.807) is 31.2 Å². The Labute approximate surface area is 92.6 Å². The number of carbonyl (C=O) groups is 1. The predicted octanol–water partition coefficient (Wildman–Crippen LogP) is 3.78. The maximum Gasteiger partial charge on any atom is 0.308 e. The molecule has 0 aromatic carbocycles. The molecule has 0 amide bonds. The predicted molar refractivity (Wildman–Crippen MR) is 65.3 cm³/mol. The Hall–Kier alpha value is -1.57. The normalized spacial score (nSPS) is 10.3. The summed E-state index contributed by atoms with van der Waals surface area (Å²) in [5.41, 5.74) is 0.770. The van der Waals surface area contributed by atoms with Crippen LogP contribution in [0.1, 0.15) is 27.7 Å². The van der Waals surface area contributed by atoms with E-state index in [0.717, 1.165) is 5.57 Å². The number of hydrogen-bond donors (Lipinski definition) is 0. The standard InChI is InChI=1S/C11H14O2.C2H6/c1-5-9(3)7-8-11(6-2)13-10(4)12;1-2/h5-8H,1,3H2,2,4H3;1-2H3/b8-7-,11-6+;. The van der Waals surface area contributed by atoms with Gasteiger partial charge in [0.2, 0.25) is 0 Å². The van der Waals surface area contributed by atoms with Gasteiger partial charge in [-0.1, -0.05) is 39.2 Å². The molecule has 15 heavy (non-hydrogen) atoms. The summed E-state index contributed by atoms with van der Waals surface area (Å²) in [7, 11) is 0. The molecule has 0 saturated carbocycles. The smallest absolute Gasteiger partial charge is 0.308 e. The van der Waals surface area contributed by atoms with Gasteiger partial charge >= 0.3 is 5.97 Å². The van der Waals surface area contributed by atoms with Gasteiger partial charge in [-0.2, -0.15) is 0 Å². The minimum atomic E-state index is -0.332. The lowest BCUT2D eigenvalue weighted by Gasteiger charge is -1.99. The lowest BCUT2D eigenvalue weighted by Crippen LogP contribution is -1.96. The molecule has 0 aromatic rings. The van der Waals surface area contributed by atoms with Crippen LogP contribution >= 0.6 is 0 Å². The zero-order chi connectivity index (χ0) is 12.3. The first-order valence-electron chi connectivity index (χ1n) is 4.94. The van der Waals surface area contributed by atoms with E-state index in [1.165, 1.54) is 6.92 Å². The minimum absolute atomic E-state index is 0.332. The third-order valence-corrected chi connectivity index (χ3v) is 1.27. The Kier molecular flexibility index (Phi) is 11.1. The summed E-state index contributed by atoms with van der Waals surface area (Å²) in [4.78, 5) is 10.6. The summed E-state index contributed by atoms with van der Waals surface area (Å²) < 4.78 is 4.85. The van der Waals surface area contributed by atoms with E-state index in [9.17, 15) is 4.79 Å². The van der Waals surface area contributed by atoms with Crippen LogP contribution in [-0.4, -0.2) is 5.97 Å². The van der Waals surface area contributed by atoms with Crippen LogP contribution in [0.2, 0.25) is 0 Å². The van der Waals surface area contributed by atoms with Crippen molar-refractivity contribution in [1.82, 2.24) is 0 Å². The van der Waals surface area contributed by atoms with Gasteiger partial charge < -0.3 is 4.74 Å². The van der Waals surface area contributed by atoms with Crippen molar-refractivity contribution in [3.8, 4) is 0 Å². The summed E-state index contributed by atoms with van der Waals surface area (Å²) in [6.07, 6.45) is 6.72. The van der Waals surface area contributed by atoms with Crippen LogP contribution in [0.15, 0.2) is 48.8 Å². The third-order valence-electron chi connectivity index (χ3n) is 1.27. The van der Waals surface area contributed by atoms with Crippen molar-refractivity contribution in [3.63, 3.8) is 0 Å². The molecule has 84 valence electrons. The molecule has 0 radical (unpaired) electrons. The van der Waals surface area contributed by atoms with Crippen LogP contribution in [0, 0.1) is 0 Å². The van der Waals surface area contributed by atoms with Crippen LogP contribution in [0.5, 0.6) is 0 Å². The average molecular weight is 208 g/mol. The van der Waals surface area contributed by atoms with Gasteiger partial charge in [-0.3, -0.25) is 4.79 Å². The molecule has 0 N–H and O–H groups in total. The van der Waals surface area contributed by atoms with Crippen molar-refractivity contribution in [2.45, 2.75) is 27.7 Å². The number of allylic oxidation sites excluding steroid dienone is 5. The first-order valence-corrected chi connectivity index (χ1v) is 4.94. The fraction of sp³-hybridized carbons (Fsp3) is 0.308. The van der Waals surface area contributed by atoms with Crippen molar-refractivity contribution < 1.29 is 9.53 Å². The molecule has 0 saturated heterocycles. The summed E-state index contributed by atoms with van der Waals surface area (Å²) >= 11 is 0. The van der Waals surface area contributed by atoms with Gasteiger partial charge in [-0.05, 0) is 24.6 Å². The monoisotopic (exact) mass is 208 g/mol. The molecular weight excluding hydrogens is 188 g/mol. The van der Waals surface area contributed by atoms with Gasteiger partial charge in [0.15, 0.2) is 0 Å². The van der Waals surface area contributed by atoms with Crippen LogP contribution in [-0.2, 0) is 9.53 Å². The molecule has 0 unspecified atom stereocenters. The van der Waals surface area contributed by atoms with Crippen molar-refractivity contribution >= 4 is 5.97 Å². The lowest BCUT2D eigenvalue weighted by molar-refractivity contribution is -0.136. The number of ether oxygens (including phenoxy) is 1. The van der Waals surface area contributed by atoms with Crippen LogP contribution < -0.4 is 0 Å². The molecular formula is C13H20O2. The quantitative estimate of drug-likeness (QED) is 0.399. The highest BCUT2D eigenvalue weighted by Gasteiger charge is 1.95. The van der Waals surface area contributed by atoms with Gasteiger partial charge in [0.25, 0.3) is 0 Å².